The fraction of sp³-hybridized carbons (Fsp3) is 0.0870. The van der Waals surface area contributed by atoms with Gasteiger partial charge in [0.05, 0.1) is 0 Å². The number of carbonyl (C=O) groups excluding carboxylic acids is 1. The number of nitrogens with zero attached hydrogens (tertiary/aromatic N) is 2. The number of hydrogen-bond acceptors (Lipinski definition) is 5. The van der Waals surface area contributed by atoms with Crippen molar-refractivity contribution in [3.63, 3.8) is 0 Å². The second-order valence-corrected chi connectivity index (χ2v) is 6.51. The van der Waals surface area contributed by atoms with Gasteiger partial charge in [-0.25, -0.2) is 0 Å². The lowest BCUT2D eigenvalue weighted by Gasteiger charge is -2.08. The summed E-state index contributed by atoms with van der Waals surface area (Å²) in [5.74, 6) is 1.24. The summed E-state index contributed by atoms with van der Waals surface area (Å²) in [5, 5.41) is 11.0. The molecular weight excluding hydrogens is 366 g/mol. The number of aromatic nitrogens is 2. The van der Waals surface area contributed by atoms with E-state index >= 15 is 0 Å². The molecule has 144 valence electrons. The van der Waals surface area contributed by atoms with Crippen molar-refractivity contribution in [1.82, 2.24) is 10.2 Å². The SMILES string of the molecule is Cc1cccc(OCC(=O)Nc2cccc(-c3nnc(-c4ccccc4)o3)c2)c1. The third-order valence-corrected chi connectivity index (χ3v) is 4.20. The minimum absolute atomic E-state index is 0.0770. The minimum Gasteiger partial charge on any atom is -0.484 e. The third-order valence-electron chi connectivity index (χ3n) is 4.20. The van der Waals surface area contributed by atoms with Crippen LogP contribution in [0.15, 0.2) is 83.3 Å². The van der Waals surface area contributed by atoms with E-state index in [2.05, 4.69) is 15.5 Å². The van der Waals surface area contributed by atoms with Gasteiger partial charge in [-0.1, -0.05) is 36.4 Å². The normalized spacial score (nSPS) is 10.5. The zero-order valence-corrected chi connectivity index (χ0v) is 15.8. The molecule has 0 atom stereocenters. The van der Waals surface area contributed by atoms with Gasteiger partial charge >= 0.3 is 0 Å². The molecule has 6 nitrogen and oxygen atoms in total. The number of ether oxygens (including phenoxy) is 1. The maximum absolute atomic E-state index is 12.2. The number of hydrogen-bond donors (Lipinski definition) is 1. The van der Waals surface area contributed by atoms with E-state index < -0.39 is 0 Å². The van der Waals surface area contributed by atoms with Crippen LogP contribution in [0.2, 0.25) is 0 Å². The fourth-order valence-electron chi connectivity index (χ4n) is 2.82. The molecule has 1 N–H and O–H groups in total. The van der Waals surface area contributed by atoms with Crippen molar-refractivity contribution >= 4 is 11.6 Å². The first-order valence-corrected chi connectivity index (χ1v) is 9.16. The first kappa shape index (κ1) is 18.4. The van der Waals surface area contributed by atoms with Gasteiger partial charge in [0.1, 0.15) is 5.75 Å². The van der Waals surface area contributed by atoms with E-state index in [0.717, 1.165) is 16.7 Å². The van der Waals surface area contributed by atoms with Crippen LogP contribution in [-0.4, -0.2) is 22.7 Å². The molecule has 0 saturated heterocycles. The highest BCUT2D eigenvalue weighted by molar-refractivity contribution is 5.92. The highest BCUT2D eigenvalue weighted by atomic mass is 16.5. The Morgan fingerprint density at radius 1 is 0.897 bits per heavy atom. The molecule has 0 aliphatic rings. The van der Waals surface area contributed by atoms with Crippen molar-refractivity contribution < 1.29 is 13.9 Å². The number of aryl methyl sites for hydroxylation is 1. The van der Waals surface area contributed by atoms with Gasteiger partial charge in [-0.15, -0.1) is 10.2 Å². The van der Waals surface area contributed by atoms with E-state index in [0.29, 0.717) is 23.2 Å². The van der Waals surface area contributed by atoms with Crippen molar-refractivity contribution in [2.24, 2.45) is 0 Å². The second kappa shape index (κ2) is 8.39. The Labute approximate surface area is 168 Å². The first-order valence-electron chi connectivity index (χ1n) is 9.16. The Balaban J connectivity index is 1.42. The molecule has 0 unspecified atom stereocenters. The Kier molecular flexibility index (Phi) is 5.33. The summed E-state index contributed by atoms with van der Waals surface area (Å²) in [4.78, 5) is 12.2. The fourth-order valence-corrected chi connectivity index (χ4v) is 2.82. The molecule has 4 aromatic rings. The van der Waals surface area contributed by atoms with Gasteiger partial charge in [-0.05, 0) is 55.0 Å². The zero-order valence-electron chi connectivity index (χ0n) is 15.8. The highest BCUT2D eigenvalue weighted by Crippen LogP contribution is 2.25. The predicted molar refractivity (Wildman–Crippen MR) is 110 cm³/mol. The minimum atomic E-state index is -0.251. The standard InChI is InChI=1S/C23H19N3O3/c1-16-7-5-12-20(13-16)28-15-21(27)24-19-11-6-10-18(14-19)23-26-25-22(29-23)17-8-3-2-4-9-17/h2-14H,15H2,1H3,(H,24,27). The molecule has 6 heteroatoms. The number of amides is 1. The van der Waals surface area contributed by atoms with Crippen molar-refractivity contribution in [3.8, 4) is 28.7 Å². The van der Waals surface area contributed by atoms with Crippen LogP contribution in [0.5, 0.6) is 5.75 Å². The van der Waals surface area contributed by atoms with E-state index in [4.69, 9.17) is 9.15 Å². The molecule has 1 aromatic heterocycles. The molecule has 4 rings (SSSR count). The number of anilines is 1. The van der Waals surface area contributed by atoms with Gasteiger partial charge in [0, 0.05) is 16.8 Å². The van der Waals surface area contributed by atoms with Crippen molar-refractivity contribution in [3.05, 3.63) is 84.4 Å². The third kappa shape index (κ3) is 4.68. The van der Waals surface area contributed by atoms with E-state index in [-0.39, 0.29) is 12.5 Å². The Bertz CT molecular complexity index is 1120. The van der Waals surface area contributed by atoms with Crippen LogP contribution in [0.3, 0.4) is 0 Å². The van der Waals surface area contributed by atoms with Gasteiger partial charge in [-0.3, -0.25) is 4.79 Å². The quantitative estimate of drug-likeness (QED) is 0.519. The van der Waals surface area contributed by atoms with Gasteiger partial charge in [-0.2, -0.15) is 0 Å². The molecule has 0 saturated carbocycles. The van der Waals surface area contributed by atoms with Crippen molar-refractivity contribution in [2.45, 2.75) is 6.92 Å². The van der Waals surface area contributed by atoms with E-state index in [1.807, 2.05) is 73.7 Å². The summed E-state index contributed by atoms with van der Waals surface area (Å²) in [7, 11) is 0. The van der Waals surface area contributed by atoms with E-state index in [1.165, 1.54) is 0 Å². The topological polar surface area (TPSA) is 77.2 Å². The largest absolute Gasteiger partial charge is 0.484 e. The zero-order chi connectivity index (χ0) is 20.1. The second-order valence-electron chi connectivity index (χ2n) is 6.51. The maximum atomic E-state index is 12.2. The van der Waals surface area contributed by atoms with Crippen LogP contribution in [0.25, 0.3) is 22.9 Å². The van der Waals surface area contributed by atoms with Gasteiger partial charge in [0.15, 0.2) is 6.61 Å². The van der Waals surface area contributed by atoms with Gasteiger partial charge < -0.3 is 14.5 Å². The lowest BCUT2D eigenvalue weighted by molar-refractivity contribution is -0.118. The summed E-state index contributed by atoms with van der Waals surface area (Å²) >= 11 is 0. The molecule has 1 heterocycles. The monoisotopic (exact) mass is 385 g/mol. The first-order chi connectivity index (χ1) is 14.2. The Morgan fingerprint density at radius 3 is 2.41 bits per heavy atom. The lowest BCUT2D eigenvalue weighted by atomic mass is 10.2. The van der Waals surface area contributed by atoms with Crippen LogP contribution in [0.4, 0.5) is 5.69 Å². The lowest BCUT2D eigenvalue weighted by Crippen LogP contribution is -2.20. The molecular formula is C23H19N3O3. The maximum Gasteiger partial charge on any atom is 0.262 e. The number of carbonyl (C=O) groups is 1. The summed E-state index contributed by atoms with van der Waals surface area (Å²) in [6.45, 7) is 1.89. The molecule has 1 amide bonds. The molecule has 0 aliphatic heterocycles. The molecule has 3 aromatic carbocycles. The summed E-state index contributed by atoms with van der Waals surface area (Å²) in [6.07, 6.45) is 0. The number of rotatable bonds is 6. The van der Waals surface area contributed by atoms with Crippen LogP contribution in [0.1, 0.15) is 5.56 Å². The molecule has 0 fully saturated rings. The van der Waals surface area contributed by atoms with Crippen LogP contribution in [0, 0.1) is 6.92 Å². The summed E-state index contributed by atoms with van der Waals surface area (Å²) < 4.78 is 11.3. The average molecular weight is 385 g/mol. The van der Waals surface area contributed by atoms with E-state index in [1.54, 1.807) is 12.1 Å². The van der Waals surface area contributed by atoms with Crippen LogP contribution >= 0.6 is 0 Å². The summed E-state index contributed by atoms with van der Waals surface area (Å²) in [5.41, 5.74) is 3.27. The van der Waals surface area contributed by atoms with Crippen molar-refractivity contribution in [1.29, 1.82) is 0 Å². The van der Waals surface area contributed by atoms with Crippen molar-refractivity contribution in [2.75, 3.05) is 11.9 Å². The summed E-state index contributed by atoms with van der Waals surface area (Å²) in [6, 6.07) is 24.4. The molecule has 0 bridgehead atoms. The Morgan fingerprint density at radius 2 is 1.62 bits per heavy atom. The number of nitrogens with one attached hydrogen (secondary N) is 1. The number of benzene rings is 3. The smallest absolute Gasteiger partial charge is 0.262 e. The van der Waals surface area contributed by atoms with Crippen LogP contribution in [-0.2, 0) is 4.79 Å². The highest BCUT2D eigenvalue weighted by Gasteiger charge is 2.11. The van der Waals surface area contributed by atoms with Gasteiger partial charge in [0.2, 0.25) is 11.8 Å². The Hall–Kier alpha value is -3.93. The average Bonchev–Trinajstić information content (AvgIpc) is 3.24. The molecule has 0 radical (unpaired) electrons. The molecule has 29 heavy (non-hydrogen) atoms. The molecule has 0 aliphatic carbocycles. The van der Waals surface area contributed by atoms with E-state index in [9.17, 15) is 4.79 Å². The molecule has 0 spiro atoms. The van der Waals surface area contributed by atoms with Gasteiger partial charge in [0.25, 0.3) is 5.91 Å². The predicted octanol–water partition coefficient (Wildman–Crippen LogP) is 4.73. The van der Waals surface area contributed by atoms with Crippen LogP contribution < -0.4 is 10.1 Å².